The lowest BCUT2D eigenvalue weighted by Crippen LogP contribution is -2.17. The first kappa shape index (κ1) is 14.5. The van der Waals surface area contributed by atoms with Gasteiger partial charge in [-0.15, -0.1) is 0 Å². The second-order valence-corrected chi connectivity index (χ2v) is 6.00. The number of rotatable bonds is 7. The Kier molecular flexibility index (Phi) is 5.94. The van der Waals surface area contributed by atoms with Crippen LogP contribution in [0.4, 0.5) is 5.69 Å². The maximum atomic E-state index is 11.7. The molecule has 6 heteroatoms. The van der Waals surface area contributed by atoms with E-state index in [-0.39, 0.29) is 5.75 Å². The van der Waals surface area contributed by atoms with Crippen LogP contribution in [0.5, 0.6) is 0 Å². The van der Waals surface area contributed by atoms with Crippen LogP contribution in [-0.2, 0) is 20.1 Å². The molecule has 0 saturated heterocycles. The van der Waals surface area contributed by atoms with Gasteiger partial charge in [-0.05, 0) is 24.1 Å². The molecule has 0 aliphatic heterocycles. The van der Waals surface area contributed by atoms with Crippen LogP contribution in [0, 0.1) is 0 Å². The monoisotopic (exact) mass is 321 g/mol. The second-order valence-electron chi connectivity index (χ2n) is 3.60. The zero-order chi connectivity index (χ0) is 12.7. The third-order valence-corrected chi connectivity index (χ3v) is 4.16. The van der Waals surface area contributed by atoms with Crippen molar-refractivity contribution in [3.8, 4) is 0 Å². The SMILES string of the molecule is COCCCS(=O)(=O)Nc1ccc(CBr)cc1. The van der Waals surface area contributed by atoms with Gasteiger partial charge in [0.05, 0.1) is 5.75 Å². The standard InChI is InChI=1S/C11H16BrNO3S/c1-16-7-2-8-17(14,15)13-11-5-3-10(9-12)4-6-11/h3-6,13H,2,7-9H2,1H3. The Morgan fingerprint density at radius 1 is 1.29 bits per heavy atom. The van der Waals surface area contributed by atoms with Crippen LogP contribution in [0.1, 0.15) is 12.0 Å². The van der Waals surface area contributed by atoms with Crippen molar-refractivity contribution < 1.29 is 13.2 Å². The molecule has 1 rings (SSSR count). The van der Waals surface area contributed by atoms with Crippen LogP contribution < -0.4 is 4.72 Å². The molecule has 4 nitrogen and oxygen atoms in total. The van der Waals surface area contributed by atoms with E-state index in [2.05, 4.69) is 20.7 Å². The number of ether oxygens (including phenoxy) is 1. The van der Waals surface area contributed by atoms with Crippen molar-refractivity contribution in [1.29, 1.82) is 0 Å². The quantitative estimate of drug-likeness (QED) is 0.619. The van der Waals surface area contributed by atoms with Gasteiger partial charge >= 0.3 is 0 Å². The average molecular weight is 322 g/mol. The molecule has 17 heavy (non-hydrogen) atoms. The molecule has 1 N–H and O–H groups in total. The van der Waals surface area contributed by atoms with E-state index in [0.717, 1.165) is 10.9 Å². The van der Waals surface area contributed by atoms with Crippen molar-refractivity contribution in [3.05, 3.63) is 29.8 Å². The molecule has 0 amide bonds. The van der Waals surface area contributed by atoms with E-state index in [9.17, 15) is 8.42 Å². The molecule has 0 aliphatic rings. The van der Waals surface area contributed by atoms with Gasteiger partial charge in [0.15, 0.2) is 0 Å². The first-order chi connectivity index (χ1) is 8.07. The van der Waals surface area contributed by atoms with Crippen molar-refractivity contribution in [2.45, 2.75) is 11.8 Å². The highest BCUT2D eigenvalue weighted by Crippen LogP contribution is 2.13. The molecule has 0 unspecified atom stereocenters. The van der Waals surface area contributed by atoms with Crippen molar-refractivity contribution >= 4 is 31.6 Å². The van der Waals surface area contributed by atoms with Crippen molar-refractivity contribution in [2.24, 2.45) is 0 Å². The summed E-state index contributed by atoms with van der Waals surface area (Å²) in [6.45, 7) is 0.448. The number of anilines is 1. The predicted molar refractivity (Wildman–Crippen MR) is 73.0 cm³/mol. The van der Waals surface area contributed by atoms with Crippen LogP contribution in [0.2, 0.25) is 0 Å². The van der Waals surface area contributed by atoms with Crippen LogP contribution in [-0.4, -0.2) is 27.9 Å². The fraction of sp³-hybridized carbons (Fsp3) is 0.455. The second kappa shape index (κ2) is 6.98. The fourth-order valence-electron chi connectivity index (χ4n) is 1.29. The van der Waals surface area contributed by atoms with Crippen LogP contribution >= 0.6 is 15.9 Å². The zero-order valence-corrected chi connectivity index (χ0v) is 12.1. The number of hydrogen-bond donors (Lipinski definition) is 1. The number of nitrogens with one attached hydrogen (secondary N) is 1. The van der Waals surface area contributed by atoms with Gasteiger partial charge in [0.2, 0.25) is 10.0 Å². The first-order valence-corrected chi connectivity index (χ1v) is 7.99. The van der Waals surface area contributed by atoms with E-state index < -0.39 is 10.0 Å². The lowest BCUT2D eigenvalue weighted by atomic mass is 10.2. The van der Waals surface area contributed by atoms with Gasteiger partial charge in [0.1, 0.15) is 0 Å². The molecule has 0 aromatic heterocycles. The molecule has 0 saturated carbocycles. The van der Waals surface area contributed by atoms with Crippen molar-refractivity contribution in [1.82, 2.24) is 0 Å². The molecule has 96 valence electrons. The Bertz CT molecular complexity index is 431. The van der Waals surface area contributed by atoms with E-state index in [4.69, 9.17) is 4.74 Å². The Morgan fingerprint density at radius 2 is 1.94 bits per heavy atom. The summed E-state index contributed by atoms with van der Waals surface area (Å²) in [5, 5.41) is 0.758. The molecular formula is C11H16BrNO3S. The zero-order valence-electron chi connectivity index (χ0n) is 9.65. The lowest BCUT2D eigenvalue weighted by Gasteiger charge is -2.08. The molecule has 0 bridgehead atoms. The van der Waals surface area contributed by atoms with Gasteiger partial charge < -0.3 is 4.74 Å². The topological polar surface area (TPSA) is 55.4 Å². The number of sulfonamides is 1. The van der Waals surface area contributed by atoms with Gasteiger partial charge in [0, 0.05) is 24.7 Å². The van der Waals surface area contributed by atoms with Gasteiger partial charge in [-0.2, -0.15) is 0 Å². The van der Waals surface area contributed by atoms with E-state index in [1.165, 1.54) is 0 Å². The number of benzene rings is 1. The highest BCUT2D eigenvalue weighted by atomic mass is 79.9. The average Bonchev–Trinajstić information content (AvgIpc) is 2.30. The highest BCUT2D eigenvalue weighted by Gasteiger charge is 2.09. The third-order valence-electron chi connectivity index (χ3n) is 2.14. The summed E-state index contributed by atoms with van der Waals surface area (Å²) < 4.78 is 30.7. The smallest absolute Gasteiger partial charge is 0.232 e. The summed E-state index contributed by atoms with van der Waals surface area (Å²) in [7, 11) is -1.71. The summed E-state index contributed by atoms with van der Waals surface area (Å²) in [6.07, 6.45) is 0.491. The minimum Gasteiger partial charge on any atom is -0.385 e. The molecule has 0 radical (unpaired) electrons. The molecule has 0 atom stereocenters. The highest BCUT2D eigenvalue weighted by molar-refractivity contribution is 9.08. The fourth-order valence-corrected chi connectivity index (χ4v) is 2.75. The summed E-state index contributed by atoms with van der Waals surface area (Å²) in [5.74, 6) is 0.0705. The van der Waals surface area contributed by atoms with Crippen LogP contribution in [0.25, 0.3) is 0 Å². The van der Waals surface area contributed by atoms with Crippen molar-refractivity contribution in [3.63, 3.8) is 0 Å². The molecule has 0 spiro atoms. The first-order valence-electron chi connectivity index (χ1n) is 5.22. The Labute approximate surface area is 111 Å². The van der Waals surface area contributed by atoms with E-state index in [0.29, 0.717) is 18.7 Å². The summed E-state index contributed by atoms with van der Waals surface area (Å²) in [4.78, 5) is 0. The third kappa shape index (κ3) is 5.52. The molecule has 1 aromatic rings. The molecule has 0 heterocycles. The van der Waals surface area contributed by atoms with E-state index in [1.54, 1.807) is 19.2 Å². The Morgan fingerprint density at radius 3 is 2.47 bits per heavy atom. The predicted octanol–water partition coefficient (Wildman–Crippen LogP) is 2.36. The largest absolute Gasteiger partial charge is 0.385 e. The normalized spacial score (nSPS) is 11.4. The molecule has 0 fully saturated rings. The van der Waals surface area contributed by atoms with Gasteiger partial charge in [-0.1, -0.05) is 28.1 Å². The van der Waals surface area contributed by atoms with Crippen molar-refractivity contribution in [2.75, 3.05) is 24.2 Å². The number of hydrogen-bond acceptors (Lipinski definition) is 3. The van der Waals surface area contributed by atoms with Gasteiger partial charge in [-0.3, -0.25) is 4.72 Å². The lowest BCUT2D eigenvalue weighted by molar-refractivity contribution is 0.199. The molecule has 1 aromatic carbocycles. The van der Waals surface area contributed by atoms with Gasteiger partial charge in [0.25, 0.3) is 0 Å². The number of halogens is 1. The molecule has 0 aliphatic carbocycles. The summed E-state index contributed by atoms with van der Waals surface area (Å²) in [5.41, 5.74) is 1.69. The number of alkyl halides is 1. The maximum Gasteiger partial charge on any atom is 0.232 e. The summed E-state index contributed by atoms with van der Waals surface area (Å²) >= 11 is 3.33. The minimum absolute atomic E-state index is 0.0705. The Balaban J connectivity index is 2.56. The van der Waals surface area contributed by atoms with E-state index >= 15 is 0 Å². The van der Waals surface area contributed by atoms with Crippen LogP contribution in [0.15, 0.2) is 24.3 Å². The summed E-state index contributed by atoms with van der Waals surface area (Å²) in [6, 6.07) is 7.26. The minimum atomic E-state index is -3.27. The van der Waals surface area contributed by atoms with Crippen LogP contribution in [0.3, 0.4) is 0 Å². The number of methoxy groups -OCH3 is 1. The van der Waals surface area contributed by atoms with Gasteiger partial charge in [-0.25, -0.2) is 8.42 Å². The van der Waals surface area contributed by atoms with E-state index in [1.807, 2.05) is 12.1 Å². The Hall–Kier alpha value is -0.590. The molecular weight excluding hydrogens is 306 g/mol. The maximum absolute atomic E-state index is 11.7.